The van der Waals surface area contributed by atoms with Crippen LogP contribution >= 0.6 is 11.6 Å². The Morgan fingerprint density at radius 2 is 1.82 bits per heavy atom. The van der Waals surface area contributed by atoms with Crippen LogP contribution in [0.25, 0.3) is 0 Å². The lowest BCUT2D eigenvalue weighted by Gasteiger charge is -2.00. The highest BCUT2D eigenvalue weighted by Gasteiger charge is 2.14. The molecule has 0 spiro atoms. The molecule has 0 aromatic heterocycles. The maximum absolute atomic E-state index is 10.9. The number of aliphatic imine (C=N–C) groups is 1. The molecule has 0 unspecified atom stereocenters. The molecule has 0 aliphatic rings. The number of benzene rings is 2. The van der Waals surface area contributed by atoms with E-state index >= 15 is 0 Å². The van der Waals surface area contributed by atoms with Crippen molar-refractivity contribution in [2.75, 3.05) is 0 Å². The average Bonchev–Trinajstić information content (AvgIpc) is 2.46. The summed E-state index contributed by atoms with van der Waals surface area (Å²) >= 11 is 5.69. The number of hydrogen-bond donors (Lipinski definition) is 1. The molecule has 0 radical (unpaired) electrons. The van der Waals surface area contributed by atoms with Crippen LogP contribution in [0.3, 0.4) is 0 Å². The van der Waals surface area contributed by atoms with Crippen LogP contribution in [0.1, 0.15) is 5.56 Å². The van der Waals surface area contributed by atoms with E-state index in [4.69, 9.17) is 11.6 Å². The van der Waals surface area contributed by atoms with E-state index < -0.39 is 9.85 Å². The highest BCUT2D eigenvalue weighted by Crippen LogP contribution is 2.30. The molecule has 0 saturated heterocycles. The molecule has 112 valence electrons. The number of aromatic hydroxyl groups is 1. The topological polar surface area (TPSA) is 119 Å². The maximum Gasteiger partial charge on any atom is 0.296 e. The van der Waals surface area contributed by atoms with Gasteiger partial charge >= 0.3 is 0 Å². The number of nitro benzene ring substituents is 2. The minimum atomic E-state index is -0.647. The first-order chi connectivity index (χ1) is 10.4. The summed E-state index contributed by atoms with van der Waals surface area (Å²) in [6.45, 7) is 0. The van der Waals surface area contributed by atoms with Gasteiger partial charge in [0, 0.05) is 35.0 Å². The summed E-state index contributed by atoms with van der Waals surface area (Å²) in [5.74, 6) is -0.231. The second-order valence-corrected chi connectivity index (χ2v) is 4.59. The molecular weight excluding hydrogens is 314 g/mol. The molecule has 2 rings (SSSR count). The summed E-state index contributed by atoms with van der Waals surface area (Å²) in [4.78, 5) is 24.2. The molecule has 0 fully saturated rings. The molecule has 2 aromatic rings. The first-order valence-electron chi connectivity index (χ1n) is 5.84. The van der Waals surface area contributed by atoms with Crippen LogP contribution in [0.15, 0.2) is 41.4 Å². The zero-order valence-corrected chi connectivity index (χ0v) is 11.6. The van der Waals surface area contributed by atoms with Crippen LogP contribution < -0.4 is 0 Å². The van der Waals surface area contributed by atoms with E-state index in [-0.39, 0.29) is 33.4 Å². The van der Waals surface area contributed by atoms with Gasteiger partial charge in [0.2, 0.25) is 0 Å². The normalized spacial score (nSPS) is 10.8. The third-order valence-electron chi connectivity index (χ3n) is 2.70. The number of hydrogen-bond acceptors (Lipinski definition) is 6. The van der Waals surface area contributed by atoms with Crippen LogP contribution in [0.4, 0.5) is 17.1 Å². The van der Waals surface area contributed by atoms with Crippen molar-refractivity contribution in [2.45, 2.75) is 0 Å². The van der Waals surface area contributed by atoms with Gasteiger partial charge < -0.3 is 5.11 Å². The predicted molar refractivity (Wildman–Crippen MR) is 80.1 cm³/mol. The zero-order valence-electron chi connectivity index (χ0n) is 10.8. The summed E-state index contributed by atoms with van der Waals surface area (Å²) in [7, 11) is 0. The van der Waals surface area contributed by atoms with Gasteiger partial charge in [-0.1, -0.05) is 11.6 Å². The van der Waals surface area contributed by atoms with Gasteiger partial charge in [0.05, 0.1) is 9.85 Å². The molecule has 9 heteroatoms. The summed E-state index contributed by atoms with van der Waals surface area (Å²) < 4.78 is 0. The van der Waals surface area contributed by atoms with Crippen molar-refractivity contribution in [3.63, 3.8) is 0 Å². The van der Waals surface area contributed by atoms with E-state index in [0.29, 0.717) is 0 Å². The Hall–Kier alpha value is -3.00. The van der Waals surface area contributed by atoms with Gasteiger partial charge in [-0.25, -0.2) is 4.99 Å². The summed E-state index contributed by atoms with van der Waals surface area (Å²) in [5, 5.41) is 31.5. The third-order valence-corrected chi connectivity index (χ3v) is 2.93. The van der Waals surface area contributed by atoms with Gasteiger partial charge in [-0.3, -0.25) is 20.2 Å². The summed E-state index contributed by atoms with van der Waals surface area (Å²) in [5.41, 5.74) is -0.461. The molecule has 0 heterocycles. The van der Waals surface area contributed by atoms with Gasteiger partial charge in [-0.15, -0.1) is 0 Å². The second kappa shape index (κ2) is 6.19. The molecule has 0 aliphatic carbocycles. The van der Waals surface area contributed by atoms with Gasteiger partial charge in [-0.05, 0) is 18.2 Å². The van der Waals surface area contributed by atoms with E-state index in [0.717, 1.165) is 30.5 Å². The van der Waals surface area contributed by atoms with Crippen molar-refractivity contribution < 1.29 is 15.0 Å². The second-order valence-electron chi connectivity index (χ2n) is 4.15. The Morgan fingerprint density at radius 1 is 1.09 bits per heavy atom. The lowest BCUT2D eigenvalue weighted by atomic mass is 10.2. The Labute approximate surface area is 128 Å². The van der Waals surface area contributed by atoms with E-state index in [1.54, 1.807) is 0 Å². The molecule has 22 heavy (non-hydrogen) atoms. The molecule has 1 N–H and O–H groups in total. The number of nitrogens with zero attached hydrogens (tertiary/aromatic N) is 3. The maximum atomic E-state index is 10.9. The molecule has 0 aliphatic heterocycles. The number of halogens is 1. The minimum absolute atomic E-state index is 0.0142. The highest BCUT2D eigenvalue weighted by molar-refractivity contribution is 6.30. The number of nitro groups is 2. The quantitative estimate of drug-likeness (QED) is 0.524. The predicted octanol–water partition coefficient (Wildman–Crippen LogP) is 3.61. The van der Waals surface area contributed by atoms with Crippen LogP contribution in [0, 0.1) is 20.2 Å². The SMILES string of the molecule is O=[N+]([O-])c1ccc(O)c(C=Nc2ccc(Cl)cc2[N+](=O)[O-])c1. The van der Waals surface area contributed by atoms with Crippen LogP contribution in [0.2, 0.25) is 5.02 Å². The van der Waals surface area contributed by atoms with Crippen LogP contribution in [-0.2, 0) is 0 Å². The average molecular weight is 322 g/mol. The first kappa shape index (κ1) is 15.4. The molecule has 8 nitrogen and oxygen atoms in total. The summed E-state index contributed by atoms with van der Waals surface area (Å²) in [6.07, 6.45) is 1.11. The Kier molecular flexibility index (Phi) is 4.33. The van der Waals surface area contributed by atoms with Crippen molar-refractivity contribution >= 4 is 34.9 Å². The molecule has 0 atom stereocenters. The third kappa shape index (κ3) is 3.36. The van der Waals surface area contributed by atoms with E-state index in [1.807, 2.05) is 0 Å². The zero-order chi connectivity index (χ0) is 16.3. The van der Waals surface area contributed by atoms with Crippen molar-refractivity contribution in [3.05, 3.63) is 67.2 Å². The monoisotopic (exact) mass is 321 g/mol. The van der Waals surface area contributed by atoms with Gasteiger partial charge in [0.1, 0.15) is 11.4 Å². The Morgan fingerprint density at radius 3 is 2.45 bits per heavy atom. The molecule has 0 amide bonds. The van der Waals surface area contributed by atoms with Gasteiger partial charge in [0.25, 0.3) is 11.4 Å². The lowest BCUT2D eigenvalue weighted by molar-refractivity contribution is -0.384. The van der Waals surface area contributed by atoms with E-state index in [2.05, 4.69) is 4.99 Å². The van der Waals surface area contributed by atoms with E-state index in [1.165, 1.54) is 12.1 Å². The van der Waals surface area contributed by atoms with E-state index in [9.17, 15) is 25.3 Å². The molecular formula is C13H8ClN3O5. The largest absolute Gasteiger partial charge is 0.507 e. The van der Waals surface area contributed by atoms with Crippen molar-refractivity contribution in [2.24, 2.45) is 4.99 Å². The van der Waals surface area contributed by atoms with Crippen molar-refractivity contribution in [1.29, 1.82) is 0 Å². The minimum Gasteiger partial charge on any atom is -0.507 e. The Bertz CT molecular complexity index is 791. The fourth-order valence-corrected chi connectivity index (χ4v) is 1.82. The first-order valence-corrected chi connectivity index (χ1v) is 6.21. The van der Waals surface area contributed by atoms with Crippen LogP contribution in [-0.4, -0.2) is 21.2 Å². The van der Waals surface area contributed by atoms with Gasteiger partial charge in [0.15, 0.2) is 0 Å². The highest BCUT2D eigenvalue weighted by atomic mass is 35.5. The lowest BCUT2D eigenvalue weighted by Crippen LogP contribution is -1.91. The Balaban J connectivity index is 2.43. The standard InChI is InChI=1S/C13H8ClN3O5/c14-9-1-3-11(12(6-9)17(21)22)15-7-8-5-10(16(19)20)2-4-13(8)18/h1-7,18H. The molecule has 2 aromatic carbocycles. The molecule has 0 saturated carbocycles. The fraction of sp³-hybridized carbons (Fsp3) is 0. The summed E-state index contributed by atoms with van der Waals surface area (Å²) in [6, 6.07) is 7.30. The molecule has 0 bridgehead atoms. The van der Waals surface area contributed by atoms with Crippen LogP contribution in [0.5, 0.6) is 5.75 Å². The number of non-ortho nitro benzene ring substituents is 1. The van der Waals surface area contributed by atoms with Crippen molar-refractivity contribution in [1.82, 2.24) is 0 Å². The smallest absolute Gasteiger partial charge is 0.296 e. The van der Waals surface area contributed by atoms with Crippen molar-refractivity contribution in [3.8, 4) is 5.75 Å². The van der Waals surface area contributed by atoms with Gasteiger partial charge in [-0.2, -0.15) is 0 Å². The fourth-order valence-electron chi connectivity index (χ4n) is 1.65. The number of phenols is 1. The number of phenolic OH excluding ortho intramolecular Hbond substituents is 1. The number of rotatable bonds is 4.